The van der Waals surface area contributed by atoms with Crippen molar-refractivity contribution in [1.29, 1.82) is 0 Å². The van der Waals surface area contributed by atoms with E-state index in [1.54, 1.807) is 66.0 Å². The maximum Gasteiger partial charge on any atom is 0.408 e. The molecule has 2 aromatic rings. The minimum Gasteiger partial charge on any atom is -0.497 e. The predicted octanol–water partition coefficient (Wildman–Crippen LogP) is 4.39. The lowest BCUT2D eigenvalue weighted by Crippen LogP contribution is -2.54. The molecule has 0 heterocycles. The minimum atomic E-state index is -1.16. The van der Waals surface area contributed by atoms with Crippen molar-refractivity contribution in [2.45, 2.75) is 85.0 Å². The number of anilines is 1. The van der Waals surface area contributed by atoms with E-state index in [0.717, 1.165) is 11.1 Å². The molecule has 0 aliphatic carbocycles. The maximum absolute atomic E-state index is 14.2. The molecule has 218 valence electrons. The van der Waals surface area contributed by atoms with Crippen LogP contribution in [0.2, 0.25) is 0 Å². The van der Waals surface area contributed by atoms with Gasteiger partial charge >= 0.3 is 6.09 Å². The summed E-state index contributed by atoms with van der Waals surface area (Å²) in [5.41, 5.74) is 7.53. The summed E-state index contributed by atoms with van der Waals surface area (Å²) in [6, 6.07) is 9.75. The smallest absolute Gasteiger partial charge is 0.408 e. The Morgan fingerprint density at radius 3 is 2.15 bits per heavy atom. The Balaban J connectivity index is 2.57. The zero-order chi connectivity index (χ0) is 30.2. The van der Waals surface area contributed by atoms with E-state index in [4.69, 9.17) is 15.2 Å². The van der Waals surface area contributed by atoms with Crippen molar-refractivity contribution in [3.8, 4) is 5.75 Å². The molecular weight excluding hydrogens is 512 g/mol. The van der Waals surface area contributed by atoms with Gasteiger partial charge < -0.3 is 30.7 Å². The number of rotatable bonds is 11. The van der Waals surface area contributed by atoms with Crippen LogP contribution >= 0.6 is 0 Å². The van der Waals surface area contributed by atoms with Gasteiger partial charge in [-0.1, -0.05) is 18.2 Å². The third-order valence-electron chi connectivity index (χ3n) is 6.30. The van der Waals surface area contributed by atoms with Crippen LogP contribution in [0, 0.1) is 13.8 Å². The van der Waals surface area contributed by atoms with Gasteiger partial charge in [0.2, 0.25) is 11.8 Å². The highest BCUT2D eigenvalue weighted by molar-refractivity contribution is 5.99. The highest BCUT2D eigenvalue weighted by atomic mass is 16.6. The van der Waals surface area contributed by atoms with Gasteiger partial charge in [0.05, 0.1) is 7.11 Å². The topological polar surface area (TPSA) is 140 Å². The second-order valence-corrected chi connectivity index (χ2v) is 11.0. The number of aryl methyl sites for hydroxylation is 1. The second kappa shape index (κ2) is 13.8. The summed E-state index contributed by atoms with van der Waals surface area (Å²) in [6.07, 6.45) is -1.02. The lowest BCUT2D eigenvalue weighted by Gasteiger charge is -2.38. The van der Waals surface area contributed by atoms with Crippen LogP contribution < -0.4 is 21.1 Å². The molecule has 40 heavy (non-hydrogen) atoms. The number of nitrogens with two attached hydrogens (primary N) is 1. The Morgan fingerprint density at radius 2 is 1.62 bits per heavy atom. The summed E-state index contributed by atoms with van der Waals surface area (Å²) in [5.74, 6) is -0.971. The van der Waals surface area contributed by atoms with E-state index in [0.29, 0.717) is 17.0 Å². The molecule has 10 nitrogen and oxygen atoms in total. The molecule has 2 atom stereocenters. The van der Waals surface area contributed by atoms with Gasteiger partial charge in [-0.3, -0.25) is 14.4 Å². The zero-order valence-electron chi connectivity index (χ0n) is 24.7. The first-order valence-electron chi connectivity index (χ1n) is 13.3. The maximum atomic E-state index is 14.2. The van der Waals surface area contributed by atoms with Gasteiger partial charge in [0.15, 0.2) is 0 Å². The fourth-order valence-corrected chi connectivity index (χ4v) is 4.23. The number of carbonyl (C=O) groups is 4. The molecule has 2 aromatic carbocycles. The van der Waals surface area contributed by atoms with Crippen LogP contribution in [0.15, 0.2) is 42.5 Å². The number of primary amides is 1. The Labute approximate surface area is 236 Å². The zero-order valence-corrected chi connectivity index (χ0v) is 24.7. The lowest BCUT2D eigenvalue weighted by atomic mass is 9.94. The number of alkyl carbamates (subject to hydrolysis) is 1. The van der Waals surface area contributed by atoms with Crippen molar-refractivity contribution in [1.82, 2.24) is 10.2 Å². The third kappa shape index (κ3) is 9.00. The molecule has 0 aliphatic heterocycles. The molecule has 2 unspecified atom stereocenters. The number of amides is 4. The van der Waals surface area contributed by atoms with Crippen LogP contribution in [-0.4, -0.2) is 53.5 Å². The summed E-state index contributed by atoms with van der Waals surface area (Å²) in [6.45, 7) is 12.5. The molecule has 0 saturated heterocycles. The van der Waals surface area contributed by atoms with Gasteiger partial charge in [0, 0.05) is 18.2 Å². The number of hydrogen-bond acceptors (Lipinski definition) is 6. The SMILES string of the molecule is COc1ccc(NC(=O)C(c2cccc(C)c2C)N(C(=O)C(CCC(N)=O)NC(=O)OC(C)(C)C)C(C)C)cc1. The molecule has 0 bridgehead atoms. The molecule has 0 aromatic heterocycles. The predicted molar refractivity (Wildman–Crippen MR) is 154 cm³/mol. The highest BCUT2D eigenvalue weighted by Crippen LogP contribution is 2.30. The standard InChI is InChI=1S/C30H42N4O6/c1-18(2)34(28(37)24(16-17-25(31)35)33-29(38)40-30(5,6)7)26(23-11-9-10-19(3)20(23)4)27(36)32-21-12-14-22(39-8)15-13-21/h9-15,18,24,26H,16-17H2,1-8H3,(H2,31,35)(H,32,36)(H,33,38). The molecule has 0 saturated carbocycles. The van der Waals surface area contributed by atoms with E-state index in [-0.39, 0.29) is 12.8 Å². The Kier molecular flexibility index (Phi) is 11.1. The van der Waals surface area contributed by atoms with Crippen molar-refractivity contribution >= 4 is 29.5 Å². The monoisotopic (exact) mass is 554 g/mol. The van der Waals surface area contributed by atoms with Crippen LogP contribution in [0.4, 0.5) is 10.5 Å². The third-order valence-corrected chi connectivity index (χ3v) is 6.30. The molecule has 2 rings (SSSR count). The molecular formula is C30H42N4O6. The van der Waals surface area contributed by atoms with Crippen LogP contribution in [0.5, 0.6) is 5.75 Å². The van der Waals surface area contributed by atoms with Crippen LogP contribution in [0.3, 0.4) is 0 Å². The average molecular weight is 555 g/mol. The summed E-state index contributed by atoms with van der Waals surface area (Å²) >= 11 is 0. The van der Waals surface area contributed by atoms with Gasteiger partial charge in [-0.2, -0.15) is 0 Å². The number of nitrogens with zero attached hydrogens (tertiary/aromatic N) is 1. The van der Waals surface area contributed by atoms with Gasteiger partial charge in [0.1, 0.15) is 23.4 Å². The van der Waals surface area contributed by atoms with Crippen molar-refractivity contribution in [2.24, 2.45) is 5.73 Å². The first-order valence-corrected chi connectivity index (χ1v) is 13.3. The van der Waals surface area contributed by atoms with E-state index < -0.39 is 47.5 Å². The summed E-state index contributed by atoms with van der Waals surface area (Å²) in [4.78, 5) is 53.8. The van der Waals surface area contributed by atoms with Gasteiger partial charge in [-0.25, -0.2) is 4.79 Å². The molecule has 10 heteroatoms. The quantitative estimate of drug-likeness (QED) is 0.376. The first-order chi connectivity index (χ1) is 18.6. The first kappa shape index (κ1) is 32.1. The van der Waals surface area contributed by atoms with Crippen LogP contribution in [-0.2, 0) is 19.1 Å². The Bertz CT molecular complexity index is 1200. The molecule has 4 amide bonds. The summed E-state index contributed by atoms with van der Waals surface area (Å²) < 4.78 is 10.6. The summed E-state index contributed by atoms with van der Waals surface area (Å²) in [7, 11) is 1.55. The largest absolute Gasteiger partial charge is 0.497 e. The van der Waals surface area contributed by atoms with E-state index in [2.05, 4.69) is 10.6 Å². The van der Waals surface area contributed by atoms with Crippen LogP contribution in [0.25, 0.3) is 0 Å². The molecule has 0 spiro atoms. The highest BCUT2D eigenvalue weighted by Gasteiger charge is 2.38. The Morgan fingerprint density at radius 1 is 1.00 bits per heavy atom. The lowest BCUT2D eigenvalue weighted by molar-refractivity contribution is -0.143. The Hall–Kier alpha value is -4.08. The van der Waals surface area contributed by atoms with Gasteiger partial charge in [-0.05, 0) is 95.8 Å². The van der Waals surface area contributed by atoms with Crippen molar-refractivity contribution in [3.05, 3.63) is 59.2 Å². The number of hydrogen-bond donors (Lipinski definition) is 3. The van der Waals surface area contributed by atoms with Crippen molar-refractivity contribution in [3.63, 3.8) is 0 Å². The minimum absolute atomic E-state index is 0.0593. The van der Waals surface area contributed by atoms with Gasteiger partial charge in [-0.15, -0.1) is 0 Å². The van der Waals surface area contributed by atoms with E-state index in [1.807, 2.05) is 32.0 Å². The van der Waals surface area contributed by atoms with Crippen molar-refractivity contribution in [2.75, 3.05) is 12.4 Å². The average Bonchev–Trinajstić information content (AvgIpc) is 2.85. The van der Waals surface area contributed by atoms with Gasteiger partial charge in [0.25, 0.3) is 5.91 Å². The normalized spacial score (nSPS) is 12.7. The molecule has 0 fully saturated rings. The molecule has 4 N–H and O–H groups in total. The number of nitrogens with one attached hydrogen (secondary N) is 2. The second-order valence-electron chi connectivity index (χ2n) is 11.0. The summed E-state index contributed by atoms with van der Waals surface area (Å²) in [5, 5.41) is 5.51. The number of methoxy groups -OCH3 is 1. The van der Waals surface area contributed by atoms with E-state index in [9.17, 15) is 19.2 Å². The van der Waals surface area contributed by atoms with Crippen molar-refractivity contribution < 1.29 is 28.7 Å². The van der Waals surface area contributed by atoms with E-state index in [1.165, 1.54) is 4.90 Å². The fourth-order valence-electron chi connectivity index (χ4n) is 4.23. The number of carbonyl (C=O) groups excluding carboxylic acids is 4. The van der Waals surface area contributed by atoms with Crippen LogP contribution in [0.1, 0.15) is 70.2 Å². The molecule has 0 radical (unpaired) electrons. The molecule has 0 aliphatic rings. The number of benzene rings is 2. The fraction of sp³-hybridized carbons (Fsp3) is 0.467. The number of ether oxygens (including phenoxy) is 2. The van der Waals surface area contributed by atoms with E-state index >= 15 is 0 Å².